The number of hydrogen-bond donors (Lipinski definition) is 3. The zero-order valence-electron chi connectivity index (χ0n) is 17.8. The third-order valence-corrected chi connectivity index (χ3v) is 6.35. The number of benzene rings is 3. The Morgan fingerprint density at radius 3 is 2.18 bits per heavy atom. The third kappa shape index (κ3) is 5.03. The van der Waals surface area contributed by atoms with Crippen LogP contribution in [0.5, 0.6) is 5.88 Å². The molecular weight excluding hydrogens is 456 g/mol. The number of aromatic amines is 1. The van der Waals surface area contributed by atoms with Crippen LogP contribution in [0.2, 0.25) is 0 Å². The van der Waals surface area contributed by atoms with Gasteiger partial charge in [0.2, 0.25) is 15.9 Å². The van der Waals surface area contributed by atoms with Gasteiger partial charge in [0.05, 0.1) is 16.3 Å². The second kappa shape index (κ2) is 9.69. The number of hydrogen-bond acceptors (Lipinski definition) is 6. The number of rotatable bonds is 7. The van der Waals surface area contributed by atoms with E-state index in [4.69, 9.17) is 0 Å². The van der Waals surface area contributed by atoms with E-state index in [-0.39, 0.29) is 17.0 Å². The van der Waals surface area contributed by atoms with Crippen LogP contribution in [0, 0.1) is 0 Å². The normalized spacial score (nSPS) is 11.6. The Balaban J connectivity index is 1.56. The zero-order valence-corrected chi connectivity index (χ0v) is 18.6. The molecule has 0 aliphatic heterocycles. The number of nitrogens with one attached hydrogen (secondary N) is 2. The van der Waals surface area contributed by atoms with Crippen LogP contribution < -0.4 is 16.0 Å². The van der Waals surface area contributed by atoms with Gasteiger partial charge in [-0.2, -0.15) is 0 Å². The number of nitrogens with zero attached hydrogens (tertiary/aromatic N) is 2. The molecule has 0 aliphatic rings. The topological polar surface area (TPSA) is 134 Å². The molecule has 0 bridgehead atoms. The summed E-state index contributed by atoms with van der Waals surface area (Å²) < 4.78 is 28.5. The first-order valence-corrected chi connectivity index (χ1v) is 11.6. The van der Waals surface area contributed by atoms with Crippen LogP contribution in [0.4, 0.5) is 5.69 Å². The molecule has 34 heavy (non-hydrogen) atoms. The summed E-state index contributed by atoms with van der Waals surface area (Å²) in [5.41, 5.74) is -0.267. The van der Waals surface area contributed by atoms with Gasteiger partial charge in [-0.25, -0.2) is 22.5 Å². The fraction of sp³-hybridized carbons (Fsp3) is 0.0417. The van der Waals surface area contributed by atoms with Gasteiger partial charge in [0.15, 0.2) is 0 Å². The van der Waals surface area contributed by atoms with Crippen molar-refractivity contribution in [2.75, 3.05) is 0 Å². The van der Waals surface area contributed by atoms with E-state index in [1.165, 1.54) is 24.3 Å². The van der Waals surface area contributed by atoms with Crippen molar-refractivity contribution in [1.82, 2.24) is 14.3 Å². The van der Waals surface area contributed by atoms with Gasteiger partial charge in [0, 0.05) is 12.8 Å². The lowest BCUT2D eigenvalue weighted by Gasteiger charge is -2.09. The van der Waals surface area contributed by atoms with Crippen LogP contribution in [0.1, 0.15) is 11.1 Å². The van der Waals surface area contributed by atoms with E-state index >= 15 is 0 Å². The van der Waals surface area contributed by atoms with Gasteiger partial charge in [0.25, 0.3) is 5.56 Å². The largest absolute Gasteiger partial charge is 0.493 e. The molecule has 0 radical (unpaired) electrons. The maximum atomic E-state index is 12.5. The molecular formula is C24H20N4O5S. The first kappa shape index (κ1) is 22.9. The zero-order chi connectivity index (χ0) is 24.1. The van der Waals surface area contributed by atoms with Crippen molar-refractivity contribution in [3.8, 4) is 11.6 Å². The summed E-state index contributed by atoms with van der Waals surface area (Å²) in [4.78, 5) is 30.8. The van der Waals surface area contributed by atoms with Crippen LogP contribution in [-0.4, -0.2) is 29.3 Å². The van der Waals surface area contributed by atoms with E-state index in [0.29, 0.717) is 11.4 Å². The molecule has 1 heterocycles. The van der Waals surface area contributed by atoms with Crippen LogP contribution in [-0.2, 0) is 16.6 Å². The quantitative estimate of drug-likeness (QED) is 0.352. The maximum absolute atomic E-state index is 12.5. The molecule has 0 saturated carbocycles. The molecule has 0 atom stereocenters. The van der Waals surface area contributed by atoms with Gasteiger partial charge in [-0.15, -0.1) is 0 Å². The van der Waals surface area contributed by atoms with Crippen LogP contribution in [0.25, 0.3) is 5.69 Å². The van der Waals surface area contributed by atoms with E-state index in [0.717, 1.165) is 16.3 Å². The summed E-state index contributed by atoms with van der Waals surface area (Å²) in [6.07, 6.45) is 1.12. The lowest BCUT2D eigenvalue weighted by Crippen LogP contribution is -2.31. The predicted octanol–water partition coefficient (Wildman–Crippen LogP) is 2.46. The highest BCUT2D eigenvalue weighted by Gasteiger charge is 2.15. The average Bonchev–Trinajstić information content (AvgIpc) is 2.84. The molecule has 3 N–H and O–H groups in total. The highest BCUT2D eigenvalue weighted by atomic mass is 32.2. The summed E-state index contributed by atoms with van der Waals surface area (Å²) >= 11 is 0. The summed E-state index contributed by atoms with van der Waals surface area (Å²) in [5, 5.41) is 10.5. The van der Waals surface area contributed by atoms with Crippen LogP contribution >= 0.6 is 0 Å². The van der Waals surface area contributed by atoms with Crippen LogP contribution in [0.3, 0.4) is 0 Å². The lowest BCUT2D eigenvalue weighted by molar-refractivity contribution is 0.430. The molecule has 10 heteroatoms. The van der Waals surface area contributed by atoms with E-state index in [9.17, 15) is 23.1 Å². The van der Waals surface area contributed by atoms with Crippen molar-refractivity contribution in [3.63, 3.8) is 0 Å². The molecule has 0 aliphatic carbocycles. The first-order chi connectivity index (χ1) is 16.3. The molecule has 9 nitrogen and oxygen atoms in total. The lowest BCUT2D eigenvalue weighted by atomic mass is 10.2. The van der Waals surface area contributed by atoms with Gasteiger partial charge in [-0.3, -0.25) is 14.8 Å². The van der Waals surface area contributed by atoms with Gasteiger partial charge < -0.3 is 5.11 Å². The standard InChI is InChI=1S/C24H20N4O5S/c29-22-21(23(30)28(24(31)27-22)19-9-5-2-6-10-19)16-25-18-11-13-20(14-12-18)34(32,33)26-15-17-7-3-1-4-8-17/h1-14,16,26,30H,15H2,(H,27,29,31). The Kier molecular flexibility index (Phi) is 6.53. The molecule has 1 aromatic heterocycles. The Morgan fingerprint density at radius 1 is 0.912 bits per heavy atom. The monoisotopic (exact) mass is 476 g/mol. The molecule has 3 aromatic carbocycles. The average molecular weight is 477 g/mol. The third-order valence-electron chi connectivity index (χ3n) is 4.93. The SMILES string of the molecule is O=c1[nH]c(=O)n(-c2ccccc2)c(O)c1C=Nc1ccc(S(=O)(=O)NCc2ccccc2)cc1. The van der Waals surface area contributed by atoms with Gasteiger partial charge in [-0.1, -0.05) is 48.5 Å². The van der Waals surface area contributed by atoms with Crippen molar-refractivity contribution in [2.45, 2.75) is 11.4 Å². The number of sulfonamides is 1. The molecule has 0 spiro atoms. The fourth-order valence-corrected chi connectivity index (χ4v) is 4.20. The number of para-hydroxylation sites is 1. The maximum Gasteiger partial charge on any atom is 0.335 e. The summed E-state index contributed by atoms with van der Waals surface area (Å²) in [6, 6.07) is 23.2. The Hall–Kier alpha value is -4.28. The number of H-pyrrole nitrogens is 1. The Labute approximate surface area is 194 Å². The Morgan fingerprint density at radius 2 is 1.53 bits per heavy atom. The molecule has 0 unspecified atom stereocenters. The van der Waals surface area contributed by atoms with Crippen molar-refractivity contribution in [2.24, 2.45) is 4.99 Å². The van der Waals surface area contributed by atoms with E-state index in [1.54, 1.807) is 30.3 Å². The highest BCUT2D eigenvalue weighted by molar-refractivity contribution is 7.89. The molecule has 4 rings (SSSR count). The van der Waals surface area contributed by atoms with Gasteiger partial charge >= 0.3 is 5.69 Å². The first-order valence-electron chi connectivity index (χ1n) is 10.2. The van der Waals surface area contributed by atoms with Crippen LogP contribution in [0.15, 0.2) is 104 Å². The highest BCUT2D eigenvalue weighted by Crippen LogP contribution is 2.19. The van der Waals surface area contributed by atoms with Crippen molar-refractivity contribution in [1.29, 1.82) is 0 Å². The molecule has 0 saturated heterocycles. The van der Waals surface area contributed by atoms with Crippen molar-refractivity contribution < 1.29 is 13.5 Å². The number of aromatic nitrogens is 2. The summed E-state index contributed by atoms with van der Waals surface area (Å²) in [7, 11) is -3.73. The second-order valence-corrected chi connectivity index (χ2v) is 9.00. The van der Waals surface area contributed by atoms with E-state index < -0.39 is 27.2 Å². The summed E-state index contributed by atoms with van der Waals surface area (Å²) in [6.45, 7) is 0.155. The smallest absolute Gasteiger partial charge is 0.335 e. The molecule has 0 fully saturated rings. The molecule has 172 valence electrons. The minimum absolute atomic E-state index is 0.0562. The van der Waals surface area contributed by atoms with E-state index in [1.807, 2.05) is 30.3 Å². The second-order valence-electron chi connectivity index (χ2n) is 7.23. The van der Waals surface area contributed by atoms with Crippen molar-refractivity contribution in [3.05, 3.63) is 117 Å². The molecule has 4 aromatic rings. The van der Waals surface area contributed by atoms with Crippen molar-refractivity contribution >= 4 is 21.9 Å². The number of aliphatic imine (C=N–C) groups is 1. The van der Waals surface area contributed by atoms with Gasteiger partial charge in [0.1, 0.15) is 5.56 Å². The predicted molar refractivity (Wildman–Crippen MR) is 128 cm³/mol. The van der Waals surface area contributed by atoms with E-state index in [2.05, 4.69) is 14.7 Å². The Bertz CT molecular complexity index is 1540. The molecule has 0 amide bonds. The summed E-state index contributed by atoms with van der Waals surface area (Å²) in [5.74, 6) is -0.562. The fourth-order valence-electron chi connectivity index (χ4n) is 3.18. The van der Waals surface area contributed by atoms with Gasteiger partial charge in [-0.05, 0) is 42.0 Å². The minimum Gasteiger partial charge on any atom is -0.493 e. The minimum atomic E-state index is -3.73. The number of aromatic hydroxyl groups is 1.